The van der Waals surface area contributed by atoms with Gasteiger partial charge in [0.2, 0.25) is 5.91 Å². The summed E-state index contributed by atoms with van der Waals surface area (Å²) in [4.78, 5) is 31.7. The van der Waals surface area contributed by atoms with Crippen LogP contribution in [0.25, 0.3) is 6.08 Å². The largest absolute Gasteiger partial charge is 0.458 e. The van der Waals surface area contributed by atoms with Crippen molar-refractivity contribution in [2.24, 2.45) is 0 Å². The van der Waals surface area contributed by atoms with E-state index in [0.29, 0.717) is 18.7 Å². The van der Waals surface area contributed by atoms with E-state index in [0.717, 1.165) is 25.2 Å². The number of amides is 1. The fourth-order valence-corrected chi connectivity index (χ4v) is 2.72. The van der Waals surface area contributed by atoms with Gasteiger partial charge in [-0.3, -0.25) is 14.9 Å². The van der Waals surface area contributed by atoms with Crippen molar-refractivity contribution in [3.05, 3.63) is 64.2 Å². The summed E-state index contributed by atoms with van der Waals surface area (Å²) in [5, 5.41) is 10.7. The zero-order valence-electron chi connectivity index (χ0n) is 14.3. The Bertz CT molecular complexity index is 839. The highest BCUT2D eigenvalue weighted by Gasteiger charge is 2.24. The molecule has 0 bridgehead atoms. The van der Waals surface area contributed by atoms with E-state index in [2.05, 4.69) is 9.97 Å². The summed E-state index contributed by atoms with van der Waals surface area (Å²) < 4.78 is 18.5. The van der Waals surface area contributed by atoms with Crippen LogP contribution in [0.3, 0.4) is 0 Å². The molecular weight excluding hydrogens is 355 g/mol. The number of nitrogens with zero attached hydrogens (tertiary/aromatic N) is 4. The third kappa shape index (κ3) is 5.06. The summed E-state index contributed by atoms with van der Waals surface area (Å²) >= 11 is 0. The average Bonchev–Trinajstić information content (AvgIpc) is 2.68. The molecule has 0 radical (unpaired) electrons. The lowest BCUT2D eigenvalue weighted by Crippen LogP contribution is -2.43. The molecule has 8 nitrogen and oxygen atoms in total. The summed E-state index contributed by atoms with van der Waals surface area (Å²) in [6.45, 7) is 0.984. The number of carbonyl (C=O) groups is 1. The number of piperidine rings is 1. The number of hydrogen-bond acceptors (Lipinski definition) is 6. The molecule has 1 atom stereocenters. The number of ether oxygens (including phenoxy) is 1. The van der Waals surface area contributed by atoms with Crippen LogP contribution in [-0.4, -0.2) is 44.9 Å². The van der Waals surface area contributed by atoms with Gasteiger partial charge in [-0.2, -0.15) is 0 Å². The molecule has 0 N–H and O–H groups in total. The van der Waals surface area contributed by atoms with Crippen molar-refractivity contribution in [3.63, 3.8) is 0 Å². The van der Waals surface area contributed by atoms with E-state index in [1.165, 1.54) is 18.2 Å². The Hall–Kier alpha value is -3.36. The first-order chi connectivity index (χ1) is 13.0. The lowest BCUT2D eigenvalue weighted by atomic mass is 10.1. The van der Waals surface area contributed by atoms with E-state index in [1.54, 1.807) is 23.1 Å². The van der Waals surface area contributed by atoms with E-state index in [9.17, 15) is 19.3 Å². The molecular formula is C18H17FN4O4. The minimum absolute atomic E-state index is 0.00231. The van der Waals surface area contributed by atoms with Gasteiger partial charge < -0.3 is 9.64 Å². The highest BCUT2D eigenvalue weighted by Crippen LogP contribution is 2.17. The maximum Gasteiger partial charge on any atom is 0.316 e. The van der Waals surface area contributed by atoms with Crippen LogP contribution >= 0.6 is 0 Å². The van der Waals surface area contributed by atoms with E-state index in [4.69, 9.17) is 4.74 Å². The number of hydrogen-bond donors (Lipinski definition) is 0. The number of halogens is 1. The lowest BCUT2D eigenvalue weighted by molar-refractivity contribution is -0.384. The summed E-state index contributed by atoms with van der Waals surface area (Å²) in [7, 11) is 0. The molecule has 3 rings (SSSR count). The van der Waals surface area contributed by atoms with Crippen molar-refractivity contribution in [1.82, 2.24) is 14.9 Å². The van der Waals surface area contributed by atoms with Gasteiger partial charge in [0.05, 0.1) is 23.9 Å². The van der Waals surface area contributed by atoms with Gasteiger partial charge in [0.25, 0.3) is 5.69 Å². The zero-order chi connectivity index (χ0) is 19.2. The zero-order valence-corrected chi connectivity index (χ0v) is 14.3. The van der Waals surface area contributed by atoms with E-state index < -0.39 is 10.7 Å². The molecule has 1 amide bonds. The Balaban J connectivity index is 1.57. The van der Waals surface area contributed by atoms with Gasteiger partial charge in [0.15, 0.2) is 5.82 Å². The maximum atomic E-state index is 12.8. The Kier molecular flexibility index (Phi) is 5.70. The number of likely N-dealkylation sites (tertiary alicyclic amines) is 1. The standard InChI is InChI=1S/C18H17FN4O4/c19-14-10-20-18(21-11-14)27-16-2-1-9-22(12-16)17(24)8-5-13-3-6-15(7-4-13)23(25)26/h3-8,10-11,16H,1-2,9,12H2/b8-5+. The molecule has 27 heavy (non-hydrogen) atoms. The van der Waals surface area contributed by atoms with Crippen LogP contribution < -0.4 is 4.74 Å². The van der Waals surface area contributed by atoms with Crippen LogP contribution in [-0.2, 0) is 4.79 Å². The number of rotatable bonds is 5. The van der Waals surface area contributed by atoms with Crippen LogP contribution in [0.15, 0.2) is 42.7 Å². The lowest BCUT2D eigenvalue weighted by Gasteiger charge is -2.31. The molecule has 0 saturated carbocycles. The van der Waals surface area contributed by atoms with Crippen LogP contribution in [0.5, 0.6) is 6.01 Å². The monoisotopic (exact) mass is 372 g/mol. The Morgan fingerprint density at radius 1 is 1.30 bits per heavy atom. The van der Waals surface area contributed by atoms with Crippen molar-refractivity contribution in [2.45, 2.75) is 18.9 Å². The van der Waals surface area contributed by atoms with Crippen molar-refractivity contribution < 1.29 is 18.8 Å². The third-order valence-electron chi connectivity index (χ3n) is 4.08. The number of non-ortho nitro benzene ring substituents is 1. The Morgan fingerprint density at radius 3 is 2.67 bits per heavy atom. The quantitative estimate of drug-likeness (QED) is 0.454. The number of nitro benzene ring substituents is 1. The topological polar surface area (TPSA) is 98.5 Å². The van der Waals surface area contributed by atoms with Crippen LogP contribution in [0.2, 0.25) is 0 Å². The molecule has 1 aliphatic rings. The second kappa shape index (κ2) is 8.35. The van der Waals surface area contributed by atoms with Gasteiger partial charge >= 0.3 is 6.01 Å². The molecule has 140 valence electrons. The van der Waals surface area contributed by atoms with Crippen molar-refractivity contribution in [3.8, 4) is 6.01 Å². The van der Waals surface area contributed by atoms with Gasteiger partial charge in [-0.25, -0.2) is 14.4 Å². The number of benzene rings is 1. The summed E-state index contributed by atoms with van der Waals surface area (Å²) in [6.07, 6.45) is 6.35. The Labute approximate surface area is 154 Å². The predicted octanol–water partition coefficient (Wildman–Crippen LogP) is 2.61. The second-order valence-corrected chi connectivity index (χ2v) is 6.03. The Morgan fingerprint density at radius 2 is 2.00 bits per heavy atom. The minimum Gasteiger partial charge on any atom is -0.458 e. The summed E-state index contributed by atoms with van der Waals surface area (Å²) in [5.41, 5.74) is 0.691. The van der Waals surface area contributed by atoms with Gasteiger partial charge in [-0.05, 0) is 36.6 Å². The molecule has 2 heterocycles. The molecule has 1 fully saturated rings. The predicted molar refractivity (Wildman–Crippen MR) is 94.4 cm³/mol. The average molecular weight is 372 g/mol. The van der Waals surface area contributed by atoms with Crippen molar-refractivity contribution in [2.75, 3.05) is 13.1 Å². The molecule has 1 aromatic heterocycles. The van der Waals surface area contributed by atoms with Crippen LogP contribution in [0, 0.1) is 15.9 Å². The minimum atomic E-state index is -0.542. The number of nitro groups is 1. The molecule has 0 spiro atoms. The summed E-state index contributed by atoms with van der Waals surface area (Å²) in [6, 6.07) is 6.01. The first-order valence-electron chi connectivity index (χ1n) is 8.37. The highest BCUT2D eigenvalue weighted by atomic mass is 19.1. The van der Waals surface area contributed by atoms with E-state index in [1.807, 2.05) is 0 Å². The SMILES string of the molecule is O=C(/C=C/c1ccc([N+](=O)[O-])cc1)N1CCCC(Oc2ncc(F)cn2)C1. The fraction of sp³-hybridized carbons (Fsp3) is 0.278. The third-order valence-corrected chi connectivity index (χ3v) is 4.08. The van der Waals surface area contributed by atoms with Crippen LogP contribution in [0.1, 0.15) is 18.4 Å². The molecule has 2 aromatic rings. The van der Waals surface area contributed by atoms with Gasteiger partial charge in [0.1, 0.15) is 6.10 Å². The summed E-state index contributed by atoms with van der Waals surface area (Å²) in [5.74, 6) is -0.721. The van der Waals surface area contributed by atoms with Crippen molar-refractivity contribution >= 4 is 17.7 Å². The molecule has 0 aliphatic carbocycles. The first kappa shape index (κ1) is 18.4. The van der Waals surface area contributed by atoms with E-state index in [-0.39, 0.29) is 23.7 Å². The first-order valence-corrected chi connectivity index (χ1v) is 8.37. The normalized spacial score (nSPS) is 17.1. The maximum absolute atomic E-state index is 12.8. The smallest absolute Gasteiger partial charge is 0.316 e. The second-order valence-electron chi connectivity index (χ2n) is 6.03. The fourth-order valence-electron chi connectivity index (χ4n) is 2.72. The van der Waals surface area contributed by atoms with Gasteiger partial charge in [0, 0.05) is 24.8 Å². The van der Waals surface area contributed by atoms with Gasteiger partial charge in [-0.15, -0.1) is 0 Å². The van der Waals surface area contributed by atoms with Crippen LogP contribution in [0.4, 0.5) is 10.1 Å². The van der Waals surface area contributed by atoms with Gasteiger partial charge in [-0.1, -0.05) is 0 Å². The van der Waals surface area contributed by atoms with Crippen molar-refractivity contribution in [1.29, 1.82) is 0 Å². The highest BCUT2D eigenvalue weighted by molar-refractivity contribution is 5.91. The number of aromatic nitrogens is 2. The number of carbonyl (C=O) groups excluding carboxylic acids is 1. The van der Waals surface area contributed by atoms with E-state index >= 15 is 0 Å². The molecule has 1 saturated heterocycles. The molecule has 1 unspecified atom stereocenters. The molecule has 1 aromatic carbocycles. The molecule has 9 heteroatoms. The molecule has 1 aliphatic heterocycles.